The Bertz CT molecular complexity index is 604. The average molecular weight is 347 g/mol. The van der Waals surface area contributed by atoms with Crippen molar-refractivity contribution in [3.63, 3.8) is 0 Å². The lowest BCUT2D eigenvalue weighted by Crippen LogP contribution is -2.49. The number of carbonyl (C=O) groups excluding carboxylic acids is 1. The van der Waals surface area contributed by atoms with Crippen molar-refractivity contribution in [2.24, 2.45) is 0 Å². The summed E-state index contributed by atoms with van der Waals surface area (Å²) in [5, 5.41) is 3.11. The zero-order valence-corrected chi connectivity index (χ0v) is 15.5. The van der Waals surface area contributed by atoms with E-state index in [1.807, 2.05) is 19.1 Å². The first kappa shape index (κ1) is 18.0. The zero-order valence-electron chi connectivity index (χ0n) is 15.5. The maximum Gasteiger partial charge on any atom is 0.231 e. The maximum absolute atomic E-state index is 12.1. The topological polar surface area (TPSA) is 54.0 Å². The Morgan fingerprint density at radius 2 is 2.04 bits per heavy atom. The second-order valence-electron chi connectivity index (χ2n) is 7.09. The minimum Gasteiger partial charge on any atom is -0.454 e. The third kappa shape index (κ3) is 4.64. The molecule has 1 saturated heterocycles. The van der Waals surface area contributed by atoms with Gasteiger partial charge in [-0.1, -0.05) is 6.07 Å². The standard InChI is InChI=1S/C19H29N3O3/c1-14(11-16-5-6-17-18(12-16)25-13-24-17)21(3)15(2)20-19(23)7-10-22-8-4-9-22/h5-6,12,14-15H,4,7-11,13H2,1-3H3,(H,20,23). The van der Waals surface area contributed by atoms with Gasteiger partial charge in [0, 0.05) is 19.0 Å². The van der Waals surface area contributed by atoms with Gasteiger partial charge in [0.2, 0.25) is 12.7 Å². The first-order chi connectivity index (χ1) is 12.0. The molecule has 0 spiro atoms. The monoisotopic (exact) mass is 347 g/mol. The van der Waals surface area contributed by atoms with Crippen molar-refractivity contribution in [1.29, 1.82) is 0 Å². The number of rotatable bonds is 8. The molecular formula is C19H29N3O3. The van der Waals surface area contributed by atoms with Gasteiger partial charge in [0.25, 0.3) is 0 Å². The van der Waals surface area contributed by atoms with Crippen molar-refractivity contribution >= 4 is 5.91 Å². The predicted molar refractivity (Wildman–Crippen MR) is 96.8 cm³/mol. The van der Waals surface area contributed by atoms with Crippen LogP contribution in [0, 0.1) is 0 Å². The van der Waals surface area contributed by atoms with E-state index in [0.29, 0.717) is 19.3 Å². The van der Waals surface area contributed by atoms with Gasteiger partial charge in [-0.2, -0.15) is 0 Å². The molecule has 1 fully saturated rings. The van der Waals surface area contributed by atoms with E-state index in [-0.39, 0.29) is 12.1 Å². The van der Waals surface area contributed by atoms with Crippen molar-refractivity contribution in [3.05, 3.63) is 23.8 Å². The summed E-state index contributed by atoms with van der Waals surface area (Å²) in [6.07, 6.45) is 2.74. The molecule has 2 aliphatic heterocycles. The lowest BCUT2D eigenvalue weighted by molar-refractivity contribution is -0.123. The molecule has 6 heteroatoms. The summed E-state index contributed by atoms with van der Waals surface area (Å²) in [7, 11) is 2.05. The van der Waals surface area contributed by atoms with E-state index in [9.17, 15) is 4.79 Å². The molecule has 0 aromatic heterocycles. The fraction of sp³-hybridized carbons (Fsp3) is 0.632. The summed E-state index contributed by atoms with van der Waals surface area (Å²) in [4.78, 5) is 16.6. The Labute approximate surface area is 150 Å². The van der Waals surface area contributed by atoms with Gasteiger partial charge in [-0.05, 0) is 64.5 Å². The van der Waals surface area contributed by atoms with E-state index < -0.39 is 0 Å². The molecule has 6 nitrogen and oxygen atoms in total. The molecule has 2 aliphatic rings. The van der Waals surface area contributed by atoms with Crippen LogP contribution in [0.5, 0.6) is 11.5 Å². The molecule has 0 saturated carbocycles. The molecule has 0 bridgehead atoms. The van der Waals surface area contributed by atoms with Crippen LogP contribution in [-0.4, -0.2) is 61.4 Å². The number of ether oxygens (including phenoxy) is 2. The number of fused-ring (bicyclic) bond motifs is 1. The quantitative estimate of drug-likeness (QED) is 0.727. The van der Waals surface area contributed by atoms with Gasteiger partial charge in [-0.15, -0.1) is 0 Å². The highest BCUT2D eigenvalue weighted by molar-refractivity contribution is 5.76. The van der Waals surface area contributed by atoms with Crippen LogP contribution in [0.15, 0.2) is 18.2 Å². The van der Waals surface area contributed by atoms with E-state index in [1.165, 1.54) is 12.0 Å². The first-order valence-corrected chi connectivity index (χ1v) is 9.15. The molecule has 1 amide bonds. The van der Waals surface area contributed by atoms with E-state index in [2.05, 4.69) is 35.2 Å². The van der Waals surface area contributed by atoms with Gasteiger partial charge in [0.1, 0.15) is 0 Å². The smallest absolute Gasteiger partial charge is 0.231 e. The van der Waals surface area contributed by atoms with Gasteiger partial charge < -0.3 is 19.7 Å². The summed E-state index contributed by atoms with van der Waals surface area (Å²) >= 11 is 0. The summed E-state index contributed by atoms with van der Waals surface area (Å²) in [6.45, 7) is 7.65. The molecule has 1 aromatic carbocycles. The van der Waals surface area contributed by atoms with Gasteiger partial charge in [-0.3, -0.25) is 9.69 Å². The number of nitrogens with one attached hydrogen (secondary N) is 1. The third-order valence-electron chi connectivity index (χ3n) is 5.25. The molecule has 3 rings (SSSR count). The predicted octanol–water partition coefficient (Wildman–Crippen LogP) is 1.84. The summed E-state index contributed by atoms with van der Waals surface area (Å²) in [5.41, 5.74) is 1.21. The van der Waals surface area contributed by atoms with Crippen LogP contribution in [-0.2, 0) is 11.2 Å². The number of nitrogens with zero attached hydrogens (tertiary/aromatic N) is 2. The molecule has 1 N–H and O–H groups in total. The molecule has 0 radical (unpaired) electrons. The fourth-order valence-corrected chi connectivity index (χ4v) is 3.21. The summed E-state index contributed by atoms with van der Waals surface area (Å²) in [5.74, 6) is 1.76. The molecule has 25 heavy (non-hydrogen) atoms. The number of likely N-dealkylation sites (N-methyl/N-ethyl adjacent to an activating group) is 1. The second kappa shape index (κ2) is 8.06. The lowest BCUT2D eigenvalue weighted by Gasteiger charge is -2.33. The van der Waals surface area contributed by atoms with Crippen LogP contribution in [0.4, 0.5) is 0 Å². The Kier molecular flexibility index (Phi) is 5.81. The van der Waals surface area contributed by atoms with Crippen molar-refractivity contribution in [2.45, 2.75) is 45.3 Å². The molecule has 2 heterocycles. The van der Waals surface area contributed by atoms with E-state index in [4.69, 9.17) is 9.47 Å². The van der Waals surface area contributed by atoms with Gasteiger partial charge in [-0.25, -0.2) is 0 Å². The van der Waals surface area contributed by atoms with Crippen LogP contribution < -0.4 is 14.8 Å². The lowest BCUT2D eigenvalue weighted by atomic mass is 10.1. The number of benzene rings is 1. The van der Waals surface area contributed by atoms with Crippen molar-refractivity contribution in [1.82, 2.24) is 15.1 Å². The van der Waals surface area contributed by atoms with Crippen LogP contribution in [0.3, 0.4) is 0 Å². The Balaban J connectivity index is 1.45. The van der Waals surface area contributed by atoms with Crippen LogP contribution in [0.25, 0.3) is 0 Å². The Morgan fingerprint density at radius 3 is 2.76 bits per heavy atom. The largest absolute Gasteiger partial charge is 0.454 e. The maximum atomic E-state index is 12.1. The first-order valence-electron chi connectivity index (χ1n) is 9.15. The van der Waals surface area contributed by atoms with Crippen LogP contribution in [0.1, 0.15) is 32.3 Å². The van der Waals surface area contributed by atoms with Gasteiger partial charge in [0.15, 0.2) is 11.5 Å². The number of hydrogen-bond donors (Lipinski definition) is 1. The number of likely N-dealkylation sites (tertiary alicyclic amines) is 1. The zero-order chi connectivity index (χ0) is 17.8. The highest BCUT2D eigenvalue weighted by Crippen LogP contribution is 2.32. The van der Waals surface area contributed by atoms with Gasteiger partial charge >= 0.3 is 0 Å². The highest BCUT2D eigenvalue weighted by atomic mass is 16.7. The Morgan fingerprint density at radius 1 is 1.28 bits per heavy atom. The molecule has 0 aliphatic carbocycles. The van der Waals surface area contributed by atoms with Crippen molar-refractivity contribution < 1.29 is 14.3 Å². The van der Waals surface area contributed by atoms with E-state index in [0.717, 1.165) is 37.6 Å². The number of carbonyl (C=O) groups is 1. The molecule has 1 aromatic rings. The molecule has 2 unspecified atom stereocenters. The molecule has 2 atom stereocenters. The number of hydrogen-bond acceptors (Lipinski definition) is 5. The summed E-state index contributed by atoms with van der Waals surface area (Å²) in [6, 6.07) is 6.38. The second-order valence-corrected chi connectivity index (χ2v) is 7.09. The van der Waals surface area contributed by atoms with Gasteiger partial charge in [0.05, 0.1) is 6.17 Å². The van der Waals surface area contributed by atoms with E-state index >= 15 is 0 Å². The highest BCUT2D eigenvalue weighted by Gasteiger charge is 2.20. The fourth-order valence-electron chi connectivity index (χ4n) is 3.21. The van der Waals surface area contributed by atoms with E-state index in [1.54, 1.807) is 0 Å². The minimum atomic E-state index is 0.00732. The molecule has 138 valence electrons. The number of amides is 1. The van der Waals surface area contributed by atoms with Crippen LogP contribution >= 0.6 is 0 Å². The minimum absolute atomic E-state index is 0.00732. The summed E-state index contributed by atoms with van der Waals surface area (Å²) < 4.78 is 10.8. The van der Waals surface area contributed by atoms with Crippen molar-refractivity contribution in [2.75, 3.05) is 33.5 Å². The van der Waals surface area contributed by atoms with Crippen molar-refractivity contribution in [3.8, 4) is 11.5 Å². The Hall–Kier alpha value is -1.79. The molecular weight excluding hydrogens is 318 g/mol. The third-order valence-corrected chi connectivity index (χ3v) is 5.25. The van der Waals surface area contributed by atoms with Crippen LogP contribution in [0.2, 0.25) is 0 Å². The average Bonchev–Trinajstić information content (AvgIpc) is 3.00. The SMILES string of the molecule is CC(Cc1ccc2c(c1)OCO2)N(C)C(C)NC(=O)CCN1CCC1. The normalized spacial score (nSPS) is 18.7.